The van der Waals surface area contributed by atoms with E-state index in [1.54, 1.807) is 6.92 Å². The van der Waals surface area contributed by atoms with Crippen LogP contribution in [0.5, 0.6) is 0 Å². The zero-order valence-electron chi connectivity index (χ0n) is 11.5. The second-order valence-electron chi connectivity index (χ2n) is 5.48. The Morgan fingerprint density at radius 2 is 2.05 bits per heavy atom. The number of hydrogen-bond acceptors (Lipinski definition) is 3. The molecule has 1 amide bonds. The van der Waals surface area contributed by atoms with Crippen LogP contribution in [0.2, 0.25) is 0 Å². The van der Waals surface area contributed by atoms with E-state index < -0.39 is 0 Å². The Labute approximate surface area is 114 Å². The van der Waals surface area contributed by atoms with E-state index in [4.69, 9.17) is 0 Å². The van der Waals surface area contributed by atoms with E-state index in [-0.39, 0.29) is 11.9 Å². The SMILES string of the molecule is CC(=O)N1CCC[C@H]1c1cccnc1N1CCCC1. The summed E-state index contributed by atoms with van der Waals surface area (Å²) in [7, 11) is 0. The fourth-order valence-corrected chi connectivity index (χ4v) is 3.33. The predicted molar refractivity (Wildman–Crippen MR) is 75.0 cm³/mol. The van der Waals surface area contributed by atoms with Gasteiger partial charge in [-0.25, -0.2) is 4.98 Å². The minimum atomic E-state index is 0.179. The predicted octanol–water partition coefficient (Wildman–Crippen LogP) is 2.37. The lowest BCUT2D eigenvalue weighted by atomic mass is 10.0. The van der Waals surface area contributed by atoms with Gasteiger partial charge in [-0.2, -0.15) is 0 Å². The van der Waals surface area contributed by atoms with Gasteiger partial charge in [0.05, 0.1) is 6.04 Å². The second kappa shape index (κ2) is 5.19. The van der Waals surface area contributed by atoms with E-state index in [0.717, 1.165) is 38.3 Å². The van der Waals surface area contributed by atoms with Crippen LogP contribution in [0.25, 0.3) is 0 Å². The van der Waals surface area contributed by atoms with E-state index in [0.29, 0.717) is 0 Å². The first kappa shape index (κ1) is 12.5. The summed E-state index contributed by atoms with van der Waals surface area (Å²) < 4.78 is 0. The summed E-state index contributed by atoms with van der Waals surface area (Å²) >= 11 is 0. The second-order valence-corrected chi connectivity index (χ2v) is 5.48. The van der Waals surface area contributed by atoms with E-state index in [9.17, 15) is 4.79 Å². The van der Waals surface area contributed by atoms with Crippen LogP contribution >= 0.6 is 0 Å². The number of nitrogens with zero attached hydrogens (tertiary/aromatic N) is 3. The van der Waals surface area contributed by atoms with Crippen LogP contribution in [0.4, 0.5) is 5.82 Å². The first-order valence-corrected chi connectivity index (χ1v) is 7.24. The number of carbonyl (C=O) groups excluding carboxylic acids is 1. The maximum atomic E-state index is 11.8. The van der Waals surface area contributed by atoms with Crippen molar-refractivity contribution in [3.05, 3.63) is 23.9 Å². The number of likely N-dealkylation sites (tertiary alicyclic amines) is 1. The van der Waals surface area contributed by atoms with Gasteiger partial charge < -0.3 is 9.80 Å². The summed E-state index contributed by atoms with van der Waals surface area (Å²) in [6.07, 6.45) is 6.52. The Kier molecular flexibility index (Phi) is 3.40. The molecule has 1 aromatic heterocycles. The molecule has 0 bridgehead atoms. The Bertz CT molecular complexity index is 468. The number of rotatable bonds is 2. The minimum absolute atomic E-state index is 0.179. The van der Waals surface area contributed by atoms with Gasteiger partial charge in [-0.1, -0.05) is 6.07 Å². The molecule has 2 aliphatic heterocycles. The largest absolute Gasteiger partial charge is 0.356 e. The topological polar surface area (TPSA) is 36.4 Å². The van der Waals surface area contributed by atoms with Crippen LogP contribution in [0.15, 0.2) is 18.3 Å². The summed E-state index contributed by atoms with van der Waals surface area (Å²) in [5.74, 6) is 1.27. The first-order valence-electron chi connectivity index (χ1n) is 7.24. The zero-order chi connectivity index (χ0) is 13.2. The van der Waals surface area contributed by atoms with Crippen molar-refractivity contribution in [3.63, 3.8) is 0 Å². The van der Waals surface area contributed by atoms with Gasteiger partial charge in [-0.05, 0) is 31.7 Å². The van der Waals surface area contributed by atoms with Crippen LogP contribution < -0.4 is 4.90 Å². The van der Waals surface area contributed by atoms with Gasteiger partial charge >= 0.3 is 0 Å². The number of anilines is 1. The number of amides is 1. The third kappa shape index (κ3) is 2.31. The van der Waals surface area contributed by atoms with Crippen molar-refractivity contribution < 1.29 is 4.79 Å². The van der Waals surface area contributed by atoms with E-state index in [2.05, 4.69) is 16.0 Å². The molecule has 3 rings (SSSR count). The molecule has 0 spiro atoms. The Hall–Kier alpha value is -1.58. The highest BCUT2D eigenvalue weighted by Gasteiger charge is 2.31. The monoisotopic (exact) mass is 259 g/mol. The molecule has 4 heteroatoms. The molecule has 0 N–H and O–H groups in total. The fraction of sp³-hybridized carbons (Fsp3) is 0.600. The van der Waals surface area contributed by atoms with Gasteiger partial charge in [0.1, 0.15) is 5.82 Å². The molecule has 1 atom stereocenters. The van der Waals surface area contributed by atoms with Gasteiger partial charge in [0, 0.05) is 38.3 Å². The average molecular weight is 259 g/mol. The normalized spacial score (nSPS) is 23.1. The van der Waals surface area contributed by atoms with Crippen LogP contribution in [0, 0.1) is 0 Å². The van der Waals surface area contributed by atoms with Crippen LogP contribution in [0.1, 0.15) is 44.2 Å². The molecule has 0 aromatic carbocycles. The maximum absolute atomic E-state index is 11.8. The van der Waals surface area contributed by atoms with Crippen LogP contribution in [-0.2, 0) is 4.79 Å². The highest BCUT2D eigenvalue weighted by Crippen LogP contribution is 2.37. The molecule has 3 heterocycles. The van der Waals surface area contributed by atoms with E-state index in [1.807, 2.05) is 17.2 Å². The number of hydrogen-bond donors (Lipinski definition) is 0. The van der Waals surface area contributed by atoms with Crippen molar-refractivity contribution >= 4 is 11.7 Å². The summed E-state index contributed by atoms with van der Waals surface area (Å²) in [5, 5.41) is 0. The molecular formula is C15H21N3O. The zero-order valence-corrected chi connectivity index (χ0v) is 11.5. The molecule has 4 nitrogen and oxygen atoms in total. The fourth-order valence-electron chi connectivity index (χ4n) is 3.33. The number of pyridine rings is 1. The molecular weight excluding hydrogens is 238 g/mol. The molecule has 0 unspecified atom stereocenters. The molecule has 2 aliphatic rings. The molecule has 2 saturated heterocycles. The lowest BCUT2D eigenvalue weighted by Crippen LogP contribution is -2.30. The quantitative estimate of drug-likeness (QED) is 0.818. The van der Waals surface area contributed by atoms with E-state index >= 15 is 0 Å². The van der Waals surface area contributed by atoms with Crippen LogP contribution in [-0.4, -0.2) is 35.4 Å². The number of carbonyl (C=O) groups is 1. The summed E-state index contributed by atoms with van der Waals surface area (Å²) in [5.41, 5.74) is 1.23. The summed E-state index contributed by atoms with van der Waals surface area (Å²) in [6, 6.07) is 4.36. The van der Waals surface area contributed by atoms with Crippen molar-refractivity contribution in [2.45, 2.75) is 38.6 Å². The lowest BCUT2D eigenvalue weighted by molar-refractivity contribution is -0.129. The maximum Gasteiger partial charge on any atom is 0.219 e. The molecule has 102 valence electrons. The Morgan fingerprint density at radius 1 is 1.26 bits per heavy atom. The standard InChI is InChI=1S/C15H21N3O/c1-12(19)18-11-5-7-14(18)13-6-4-8-16-15(13)17-9-2-3-10-17/h4,6,8,14H,2-3,5,7,9-11H2,1H3/t14-/m0/s1. The lowest BCUT2D eigenvalue weighted by Gasteiger charge is -2.28. The highest BCUT2D eigenvalue weighted by molar-refractivity contribution is 5.74. The third-order valence-corrected chi connectivity index (χ3v) is 4.24. The summed E-state index contributed by atoms with van der Waals surface area (Å²) in [6.45, 7) is 4.74. The molecule has 0 saturated carbocycles. The molecule has 19 heavy (non-hydrogen) atoms. The van der Waals surface area contributed by atoms with Gasteiger partial charge in [0.25, 0.3) is 0 Å². The molecule has 2 fully saturated rings. The molecule has 1 aromatic rings. The third-order valence-electron chi connectivity index (χ3n) is 4.24. The Balaban J connectivity index is 1.93. The van der Waals surface area contributed by atoms with Crippen molar-refractivity contribution in [1.82, 2.24) is 9.88 Å². The van der Waals surface area contributed by atoms with Gasteiger partial charge in [0.2, 0.25) is 5.91 Å². The summed E-state index contributed by atoms with van der Waals surface area (Å²) in [4.78, 5) is 20.7. The van der Waals surface area contributed by atoms with Crippen molar-refractivity contribution in [1.29, 1.82) is 0 Å². The van der Waals surface area contributed by atoms with Gasteiger partial charge in [-0.3, -0.25) is 4.79 Å². The van der Waals surface area contributed by atoms with E-state index in [1.165, 1.54) is 18.4 Å². The smallest absolute Gasteiger partial charge is 0.219 e. The molecule has 0 aliphatic carbocycles. The van der Waals surface area contributed by atoms with Gasteiger partial charge in [0.15, 0.2) is 0 Å². The first-order chi connectivity index (χ1) is 9.27. The van der Waals surface area contributed by atoms with Crippen molar-refractivity contribution in [2.24, 2.45) is 0 Å². The van der Waals surface area contributed by atoms with Gasteiger partial charge in [-0.15, -0.1) is 0 Å². The highest BCUT2D eigenvalue weighted by atomic mass is 16.2. The molecule has 0 radical (unpaired) electrons. The van der Waals surface area contributed by atoms with Crippen molar-refractivity contribution in [2.75, 3.05) is 24.5 Å². The van der Waals surface area contributed by atoms with Crippen molar-refractivity contribution in [3.8, 4) is 0 Å². The number of aromatic nitrogens is 1. The van der Waals surface area contributed by atoms with Crippen LogP contribution in [0.3, 0.4) is 0 Å². The Morgan fingerprint density at radius 3 is 2.79 bits per heavy atom. The minimum Gasteiger partial charge on any atom is -0.356 e. The average Bonchev–Trinajstić information content (AvgIpc) is 3.10.